The maximum absolute atomic E-state index is 13.5. The van der Waals surface area contributed by atoms with Gasteiger partial charge in [0.2, 0.25) is 5.91 Å². The van der Waals surface area contributed by atoms with Crippen molar-refractivity contribution in [3.8, 4) is 5.75 Å². The Balaban J connectivity index is 1.80. The van der Waals surface area contributed by atoms with Crippen molar-refractivity contribution < 1.29 is 19.1 Å². The van der Waals surface area contributed by atoms with Crippen molar-refractivity contribution in [2.24, 2.45) is 0 Å². The largest absolute Gasteiger partial charge is 0.497 e. The Kier molecular flexibility index (Phi) is 9.04. The van der Waals surface area contributed by atoms with Crippen LogP contribution in [0.4, 0.5) is 0 Å². The van der Waals surface area contributed by atoms with Gasteiger partial charge >= 0.3 is 0 Å². The topological polar surface area (TPSA) is 59.1 Å². The van der Waals surface area contributed by atoms with Crippen LogP contribution < -0.4 is 4.74 Å². The molecular weight excluding hydrogens is 436 g/mol. The quantitative estimate of drug-likeness (QED) is 0.421. The van der Waals surface area contributed by atoms with Gasteiger partial charge in [0.1, 0.15) is 12.3 Å². The molecule has 2 aromatic carbocycles. The normalized spacial score (nSPS) is 10.6. The zero-order valence-electron chi connectivity index (χ0n) is 19.3. The molecule has 0 saturated heterocycles. The summed E-state index contributed by atoms with van der Waals surface area (Å²) in [4.78, 5) is 32.4. The van der Waals surface area contributed by atoms with Crippen molar-refractivity contribution >= 4 is 23.2 Å². The lowest BCUT2D eigenvalue weighted by Crippen LogP contribution is -2.43. The van der Waals surface area contributed by atoms with Gasteiger partial charge in [-0.2, -0.15) is 0 Å². The van der Waals surface area contributed by atoms with Gasteiger partial charge in [0.25, 0.3) is 5.91 Å². The van der Waals surface area contributed by atoms with Gasteiger partial charge in [-0.3, -0.25) is 9.59 Å². The van der Waals surface area contributed by atoms with E-state index in [0.717, 1.165) is 10.4 Å². The third-order valence-electron chi connectivity index (χ3n) is 5.21. The first kappa shape index (κ1) is 24.5. The monoisotopic (exact) mass is 466 g/mol. The Morgan fingerprint density at radius 1 is 0.909 bits per heavy atom. The molecule has 0 radical (unpaired) electrons. The standard InChI is InChI=1S/C26H30N2O4S/c1-20-12-13-24(33-20)18-28(17-21-8-5-4-6-9-21)25(29)19-27(14-15-31-2)26(30)22-10-7-11-23(16-22)32-3/h4-13,16H,14-15,17-19H2,1-3H3. The number of hydrogen-bond acceptors (Lipinski definition) is 5. The van der Waals surface area contributed by atoms with Gasteiger partial charge in [-0.15, -0.1) is 11.3 Å². The number of carbonyl (C=O) groups is 2. The molecule has 2 amide bonds. The minimum atomic E-state index is -0.231. The van der Waals surface area contributed by atoms with Crippen LogP contribution in [0.25, 0.3) is 0 Å². The second kappa shape index (κ2) is 12.2. The Bertz CT molecular complexity index is 1050. The molecule has 0 fully saturated rings. The summed E-state index contributed by atoms with van der Waals surface area (Å²) in [7, 11) is 3.14. The number of rotatable bonds is 11. The Morgan fingerprint density at radius 2 is 1.70 bits per heavy atom. The molecule has 33 heavy (non-hydrogen) atoms. The summed E-state index contributed by atoms with van der Waals surface area (Å²) < 4.78 is 10.4. The Morgan fingerprint density at radius 3 is 2.36 bits per heavy atom. The van der Waals surface area contributed by atoms with Crippen LogP contribution in [0.3, 0.4) is 0 Å². The van der Waals surface area contributed by atoms with Crippen LogP contribution in [-0.4, -0.2) is 55.5 Å². The zero-order valence-corrected chi connectivity index (χ0v) is 20.1. The molecule has 3 rings (SSSR count). The molecular formula is C26H30N2O4S. The summed E-state index contributed by atoms with van der Waals surface area (Å²) in [6.07, 6.45) is 0. The fraction of sp³-hybridized carbons (Fsp3) is 0.308. The SMILES string of the molecule is COCCN(CC(=O)N(Cc1ccccc1)Cc1ccc(C)s1)C(=O)c1cccc(OC)c1. The van der Waals surface area contributed by atoms with Crippen LogP contribution in [0.2, 0.25) is 0 Å². The molecule has 1 aromatic heterocycles. The van der Waals surface area contributed by atoms with Gasteiger partial charge in [-0.25, -0.2) is 0 Å². The highest BCUT2D eigenvalue weighted by Crippen LogP contribution is 2.20. The van der Waals surface area contributed by atoms with Crippen LogP contribution in [0.5, 0.6) is 5.75 Å². The second-order valence-corrected chi connectivity index (χ2v) is 9.07. The first-order valence-electron chi connectivity index (χ1n) is 10.8. The van der Waals surface area contributed by atoms with E-state index in [1.165, 1.54) is 9.78 Å². The molecule has 1 heterocycles. The van der Waals surface area contributed by atoms with Gasteiger partial charge in [-0.1, -0.05) is 36.4 Å². The number of thiophene rings is 1. The molecule has 0 spiro atoms. The molecule has 0 aliphatic heterocycles. The first-order chi connectivity index (χ1) is 16.0. The van der Waals surface area contributed by atoms with Crippen LogP contribution in [0, 0.1) is 6.92 Å². The van der Waals surface area contributed by atoms with Crippen LogP contribution in [0.1, 0.15) is 25.7 Å². The van der Waals surface area contributed by atoms with E-state index in [1.807, 2.05) is 30.3 Å². The molecule has 174 valence electrons. The molecule has 0 aliphatic rings. The molecule has 0 aliphatic carbocycles. The van der Waals surface area contributed by atoms with Gasteiger partial charge in [-0.05, 0) is 42.8 Å². The maximum Gasteiger partial charge on any atom is 0.254 e. The van der Waals surface area contributed by atoms with Crippen molar-refractivity contribution in [3.05, 3.63) is 87.6 Å². The van der Waals surface area contributed by atoms with E-state index in [1.54, 1.807) is 54.7 Å². The summed E-state index contributed by atoms with van der Waals surface area (Å²) in [5.74, 6) is 0.251. The minimum Gasteiger partial charge on any atom is -0.497 e. The predicted octanol–water partition coefficient (Wildman–Crippen LogP) is 4.38. The van der Waals surface area contributed by atoms with E-state index in [2.05, 4.69) is 19.1 Å². The van der Waals surface area contributed by atoms with E-state index in [4.69, 9.17) is 9.47 Å². The molecule has 7 heteroatoms. The van der Waals surface area contributed by atoms with E-state index in [0.29, 0.717) is 37.6 Å². The fourth-order valence-electron chi connectivity index (χ4n) is 3.45. The van der Waals surface area contributed by atoms with Crippen LogP contribution in [-0.2, 0) is 22.6 Å². The molecule has 0 atom stereocenters. The van der Waals surface area contributed by atoms with E-state index >= 15 is 0 Å². The first-order valence-corrected chi connectivity index (χ1v) is 11.6. The number of hydrogen-bond donors (Lipinski definition) is 0. The number of methoxy groups -OCH3 is 2. The smallest absolute Gasteiger partial charge is 0.254 e. The molecule has 0 N–H and O–H groups in total. The van der Waals surface area contributed by atoms with Crippen molar-refractivity contribution in [1.29, 1.82) is 0 Å². The van der Waals surface area contributed by atoms with Crippen molar-refractivity contribution in [1.82, 2.24) is 9.80 Å². The minimum absolute atomic E-state index is 0.0312. The van der Waals surface area contributed by atoms with E-state index in [9.17, 15) is 9.59 Å². The summed E-state index contributed by atoms with van der Waals surface area (Å²) in [5.41, 5.74) is 1.52. The molecule has 3 aromatic rings. The summed E-state index contributed by atoms with van der Waals surface area (Å²) >= 11 is 1.68. The van der Waals surface area contributed by atoms with Crippen LogP contribution >= 0.6 is 11.3 Å². The summed E-state index contributed by atoms with van der Waals surface area (Å²) in [6, 6.07) is 21.0. The zero-order chi connectivity index (χ0) is 23.6. The average Bonchev–Trinajstić information content (AvgIpc) is 3.25. The highest BCUT2D eigenvalue weighted by atomic mass is 32.1. The van der Waals surface area contributed by atoms with Crippen molar-refractivity contribution in [3.63, 3.8) is 0 Å². The lowest BCUT2D eigenvalue weighted by molar-refractivity contribution is -0.133. The van der Waals surface area contributed by atoms with Gasteiger partial charge < -0.3 is 19.3 Å². The van der Waals surface area contributed by atoms with E-state index in [-0.39, 0.29) is 18.4 Å². The third kappa shape index (κ3) is 7.17. The fourth-order valence-corrected chi connectivity index (χ4v) is 4.36. The number of benzene rings is 2. The number of aryl methyl sites for hydroxylation is 1. The summed E-state index contributed by atoms with van der Waals surface area (Å²) in [5, 5.41) is 0. The van der Waals surface area contributed by atoms with Crippen molar-refractivity contribution in [2.45, 2.75) is 20.0 Å². The van der Waals surface area contributed by atoms with E-state index < -0.39 is 0 Å². The lowest BCUT2D eigenvalue weighted by Gasteiger charge is -2.27. The van der Waals surface area contributed by atoms with Gasteiger partial charge in [0.15, 0.2) is 0 Å². The highest BCUT2D eigenvalue weighted by molar-refractivity contribution is 7.11. The molecule has 0 bridgehead atoms. The summed E-state index contributed by atoms with van der Waals surface area (Å²) in [6.45, 7) is 3.65. The van der Waals surface area contributed by atoms with Gasteiger partial charge in [0.05, 0.1) is 20.3 Å². The van der Waals surface area contributed by atoms with Crippen molar-refractivity contribution in [2.75, 3.05) is 33.9 Å². The third-order valence-corrected chi connectivity index (χ3v) is 6.19. The molecule has 6 nitrogen and oxygen atoms in total. The number of amides is 2. The number of carbonyl (C=O) groups excluding carboxylic acids is 2. The predicted molar refractivity (Wildman–Crippen MR) is 131 cm³/mol. The number of ether oxygens (including phenoxy) is 2. The average molecular weight is 467 g/mol. The Hall–Kier alpha value is -3.16. The molecule has 0 unspecified atom stereocenters. The maximum atomic E-state index is 13.5. The Labute approximate surface area is 199 Å². The lowest BCUT2D eigenvalue weighted by atomic mass is 10.1. The molecule has 0 saturated carbocycles. The van der Waals surface area contributed by atoms with Gasteiger partial charge in [0, 0.05) is 35.5 Å². The second-order valence-electron chi connectivity index (χ2n) is 7.70. The van der Waals surface area contributed by atoms with Crippen LogP contribution in [0.15, 0.2) is 66.7 Å². The number of nitrogens with zero attached hydrogens (tertiary/aromatic N) is 2. The highest BCUT2D eigenvalue weighted by Gasteiger charge is 2.23.